The van der Waals surface area contributed by atoms with Crippen LogP contribution in [0.1, 0.15) is 6.42 Å². The highest BCUT2D eigenvalue weighted by molar-refractivity contribution is 4.82. The summed E-state index contributed by atoms with van der Waals surface area (Å²) in [7, 11) is 0. The first-order chi connectivity index (χ1) is 4.34. The Morgan fingerprint density at radius 2 is 2.44 bits per heavy atom. The Bertz CT molecular complexity index is 109. The summed E-state index contributed by atoms with van der Waals surface area (Å²) in [5.41, 5.74) is 0. The highest BCUT2D eigenvalue weighted by Crippen LogP contribution is 2.10. The molecule has 1 saturated heterocycles. The predicted molar refractivity (Wildman–Crippen MR) is 32.0 cm³/mol. The normalized spacial score (nSPS) is 36.1. The number of nitrogens with one attached hydrogen (secondary N) is 1. The van der Waals surface area contributed by atoms with E-state index in [4.69, 9.17) is 0 Å². The quantitative estimate of drug-likeness (QED) is 0.526. The number of nitrogens with zero attached hydrogens (tertiary/aromatic N) is 1. The molecule has 0 saturated carbocycles. The fourth-order valence-electron chi connectivity index (χ4n) is 0.926. The molecular formula is C5H9FN2O. The van der Waals surface area contributed by atoms with E-state index in [1.807, 2.05) is 0 Å². The van der Waals surface area contributed by atoms with E-state index in [2.05, 4.69) is 10.5 Å². The largest absolute Gasteiger partial charge is 0.314 e. The first-order valence-electron chi connectivity index (χ1n) is 3.02. The van der Waals surface area contributed by atoms with Gasteiger partial charge < -0.3 is 5.32 Å². The predicted octanol–water partition coefficient (Wildman–Crippen LogP) is 0.453. The number of hydrogen-bond acceptors (Lipinski definition) is 3. The molecule has 0 spiro atoms. The van der Waals surface area contributed by atoms with Crippen molar-refractivity contribution in [2.24, 2.45) is 5.18 Å². The van der Waals surface area contributed by atoms with Crippen molar-refractivity contribution in [2.75, 3.05) is 13.1 Å². The van der Waals surface area contributed by atoms with Crippen LogP contribution in [0.3, 0.4) is 0 Å². The summed E-state index contributed by atoms with van der Waals surface area (Å²) in [6.07, 6.45) is -0.541. The fourth-order valence-corrected chi connectivity index (χ4v) is 0.926. The average molecular weight is 132 g/mol. The second kappa shape index (κ2) is 2.87. The topological polar surface area (TPSA) is 41.5 Å². The lowest BCUT2D eigenvalue weighted by molar-refractivity contribution is 0.233. The monoisotopic (exact) mass is 132 g/mol. The van der Waals surface area contributed by atoms with Crippen LogP contribution < -0.4 is 5.32 Å². The van der Waals surface area contributed by atoms with Crippen LogP contribution in [-0.4, -0.2) is 25.3 Å². The Morgan fingerprint density at radius 3 is 2.89 bits per heavy atom. The molecule has 1 aliphatic heterocycles. The number of rotatable bonds is 1. The number of piperidine rings is 1. The van der Waals surface area contributed by atoms with E-state index in [0.29, 0.717) is 13.0 Å². The molecule has 1 aliphatic rings. The Kier molecular flexibility index (Phi) is 2.10. The van der Waals surface area contributed by atoms with Crippen molar-refractivity contribution in [3.05, 3.63) is 4.91 Å². The summed E-state index contributed by atoms with van der Waals surface area (Å²) in [4.78, 5) is 9.85. The molecule has 0 bridgehead atoms. The summed E-state index contributed by atoms with van der Waals surface area (Å²) < 4.78 is 12.5. The highest BCUT2D eigenvalue weighted by Gasteiger charge is 2.24. The standard InChI is InChI=1S/C5H9FN2O/c6-4-3-7-2-1-5(4)8-9/h4-5,7H,1-3H2. The molecular weight excluding hydrogens is 123 g/mol. The molecule has 4 heteroatoms. The van der Waals surface area contributed by atoms with Gasteiger partial charge in [0, 0.05) is 6.54 Å². The van der Waals surface area contributed by atoms with Crippen LogP contribution in [-0.2, 0) is 0 Å². The summed E-state index contributed by atoms with van der Waals surface area (Å²) in [6.45, 7) is 0.979. The molecule has 2 unspecified atom stereocenters. The van der Waals surface area contributed by atoms with Crippen LogP contribution in [0.5, 0.6) is 0 Å². The van der Waals surface area contributed by atoms with Gasteiger partial charge in [0.1, 0.15) is 12.2 Å². The zero-order valence-electron chi connectivity index (χ0n) is 5.01. The van der Waals surface area contributed by atoms with Crippen molar-refractivity contribution in [3.8, 4) is 0 Å². The molecule has 0 aromatic carbocycles. The van der Waals surface area contributed by atoms with Gasteiger partial charge in [0.05, 0.1) is 0 Å². The molecule has 2 atom stereocenters. The van der Waals surface area contributed by atoms with Crippen molar-refractivity contribution < 1.29 is 4.39 Å². The number of nitroso groups, excluding NO2 is 1. The molecule has 3 nitrogen and oxygen atoms in total. The minimum Gasteiger partial charge on any atom is -0.314 e. The molecule has 0 amide bonds. The molecule has 9 heavy (non-hydrogen) atoms. The van der Waals surface area contributed by atoms with Crippen LogP contribution in [0, 0.1) is 4.91 Å². The van der Waals surface area contributed by atoms with Crippen LogP contribution in [0.25, 0.3) is 0 Å². The van der Waals surface area contributed by atoms with Crippen molar-refractivity contribution in [1.82, 2.24) is 5.32 Å². The maximum Gasteiger partial charge on any atom is 0.138 e. The Balaban J connectivity index is 2.38. The second-order valence-electron chi connectivity index (χ2n) is 2.18. The van der Waals surface area contributed by atoms with Gasteiger partial charge in [-0.15, -0.1) is 0 Å². The summed E-state index contributed by atoms with van der Waals surface area (Å²) in [5.74, 6) is 0. The Labute approximate surface area is 52.6 Å². The van der Waals surface area contributed by atoms with E-state index in [1.165, 1.54) is 0 Å². The van der Waals surface area contributed by atoms with E-state index >= 15 is 0 Å². The minimum atomic E-state index is -1.07. The number of hydrogen-bond donors (Lipinski definition) is 1. The van der Waals surface area contributed by atoms with Crippen molar-refractivity contribution in [1.29, 1.82) is 0 Å². The molecule has 1 fully saturated rings. The molecule has 1 rings (SSSR count). The van der Waals surface area contributed by atoms with Crippen molar-refractivity contribution in [2.45, 2.75) is 18.6 Å². The van der Waals surface area contributed by atoms with Crippen LogP contribution >= 0.6 is 0 Å². The van der Waals surface area contributed by atoms with Gasteiger partial charge in [-0.25, -0.2) is 4.39 Å². The Hall–Kier alpha value is -0.510. The Morgan fingerprint density at radius 1 is 1.67 bits per heavy atom. The van der Waals surface area contributed by atoms with Gasteiger partial charge in [0.2, 0.25) is 0 Å². The van der Waals surface area contributed by atoms with Gasteiger partial charge in [-0.2, -0.15) is 4.91 Å². The van der Waals surface area contributed by atoms with E-state index in [1.54, 1.807) is 0 Å². The molecule has 0 aromatic heterocycles. The van der Waals surface area contributed by atoms with Crippen LogP contribution in [0.15, 0.2) is 5.18 Å². The maximum atomic E-state index is 12.5. The highest BCUT2D eigenvalue weighted by atomic mass is 19.1. The first kappa shape index (κ1) is 6.61. The summed E-state index contributed by atoms with van der Waals surface area (Å²) in [6, 6.07) is -0.605. The third-order valence-corrected chi connectivity index (χ3v) is 1.51. The van der Waals surface area contributed by atoms with Gasteiger partial charge in [-0.3, -0.25) is 0 Å². The first-order valence-corrected chi connectivity index (χ1v) is 3.02. The molecule has 1 N–H and O–H groups in total. The van der Waals surface area contributed by atoms with Crippen LogP contribution in [0.2, 0.25) is 0 Å². The van der Waals surface area contributed by atoms with Gasteiger partial charge in [-0.05, 0) is 13.0 Å². The minimum absolute atomic E-state index is 0.274. The molecule has 52 valence electrons. The van der Waals surface area contributed by atoms with Gasteiger partial charge in [-0.1, -0.05) is 5.18 Å². The smallest absolute Gasteiger partial charge is 0.138 e. The zero-order valence-corrected chi connectivity index (χ0v) is 5.01. The molecule has 0 aromatic rings. The lowest BCUT2D eigenvalue weighted by atomic mass is 10.1. The van der Waals surface area contributed by atoms with Gasteiger partial charge in [0.25, 0.3) is 0 Å². The van der Waals surface area contributed by atoms with Crippen molar-refractivity contribution in [3.63, 3.8) is 0 Å². The van der Waals surface area contributed by atoms with E-state index in [0.717, 1.165) is 0 Å². The zero-order chi connectivity index (χ0) is 6.69. The van der Waals surface area contributed by atoms with Gasteiger partial charge >= 0.3 is 0 Å². The third-order valence-electron chi connectivity index (χ3n) is 1.51. The molecule has 0 radical (unpaired) electrons. The van der Waals surface area contributed by atoms with E-state index in [-0.39, 0.29) is 6.54 Å². The molecule has 1 heterocycles. The second-order valence-corrected chi connectivity index (χ2v) is 2.18. The fraction of sp³-hybridized carbons (Fsp3) is 1.00. The SMILES string of the molecule is O=NC1CCNCC1F. The molecule has 0 aliphatic carbocycles. The summed E-state index contributed by atoms with van der Waals surface area (Å²) >= 11 is 0. The summed E-state index contributed by atoms with van der Waals surface area (Å²) in [5, 5.41) is 5.49. The third kappa shape index (κ3) is 1.45. The van der Waals surface area contributed by atoms with Gasteiger partial charge in [0.15, 0.2) is 0 Å². The van der Waals surface area contributed by atoms with E-state index < -0.39 is 12.2 Å². The van der Waals surface area contributed by atoms with E-state index in [9.17, 15) is 9.30 Å². The average Bonchev–Trinajstić information content (AvgIpc) is 1.89. The number of alkyl halides is 1. The van der Waals surface area contributed by atoms with Crippen LogP contribution in [0.4, 0.5) is 4.39 Å². The maximum absolute atomic E-state index is 12.5. The number of halogens is 1. The lowest BCUT2D eigenvalue weighted by Gasteiger charge is -2.20. The van der Waals surface area contributed by atoms with Crippen molar-refractivity contribution >= 4 is 0 Å². The lowest BCUT2D eigenvalue weighted by Crippen LogP contribution is -2.40.